The predicted octanol–water partition coefficient (Wildman–Crippen LogP) is 4.77. The summed E-state index contributed by atoms with van der Waals surface area (Å²) in [6.07, 6.45) is 4.11. The molecule has 0 spiro atoms. The minimum absolute atomic E-state index is 0.227. The van der Waals surface area contributed by atoms with Crippen molar-refractivity contribution >= 4 is 0 Å². The number of halogens is 1. The maximum Gasteiger partial charge on any atom is 0.144 e. The lowest BCUT2D eigenvalue weighted by Crippen LogP contribution is -2.22. The summed E-state index contributed by atoms with van der Waals surface area (Å²) in [5.41, 5.74) is 3.77. The van der Waals surface area contributed by atoms with Crippen LogP contribution in [0.15, 0.2) is 59.3 Å². The molecule has 5 heteroatoms. The van der Waals surface area contributed by atoms with Crippen molar-refractivity contribution in [1.29, 1.82) is 5.26 Å². The van der Waals surface area contributed by atoms with E-state index in [0.29, 0.717) is 31.1 Å². The molecular formula is C22H20FN3O. The van der Waals surface area contributed by atoms with Gasteiger partial charge in [0.2, 0.25) is 0 Å². The maximum absolute atomic E-state index is 13.6. The summed E-state index contributed by atoms with van der Waals surface area (Å²) < 4.78 is 19.1. The number of aromatic nitrogens is 1. The molecule has 3 aromatic rings. The van der Waals surface area contributed by atoms with Crippen LogP contribution in [0.2, 0.25) is 0 Å². The lowest BCUT2D eigenvalue weighted by Gasteiger charge is -2.22. The van der Waals surface area contributed by atoms with Crippen LogP contribution in [0.3, 0.4) is 0 Å². The summed E-state index contributed by atoms with van der Waals surface area (Å²) in [4.78, 5) is 2.24. The minimum atomic E-state index is -0.227. The highest BCUT2D eigenvalue weighted by atomic mass is 19.1. The van der Waals surface area contributed by atoms with E-state index in [1.807, 2.05) is 30.3 Å². The standard InChI is InChI=1S/C22H20FN3O/c23-21-3-1-2-18(10-21)14-26(13-17-6-4-16(11-24)5-7-17)15-20-12-25-27-22(20)19-8-9-19/h1-7,10,12,19H,8-9,13-15H2. The predicted molar refractivity (Wildman–Crippen MR) is 99.0 cm³/mol. The Morgan fingerprint density at radius 1 is 1.07 bits per heavy atom. The summed E-state index contributed by atoms with van der Waals surface area (Å²) in [6, 6.07) is 16.4. The third-order valence-corrected chi connectivity index (χ3v) is 4.80. The molecule has 4 rings (SSSR count). The lowest BCUT2D eigenvalue weighted by molar-refractivity contribution is 0.245. The van der Waals surface area contributed by atoms with E-state index in [2.05, 4.69) is 16.1 Å². The number of hydrogen-bond acceptors (Lipinski definition) is 4. The summed E-state index contributed by atoms with van der Waals surface area (Å²) in [6.45, 7) is 2.00. The first kappa shape index (κ1) is 17.4. The largest absolute Gasteiger partial charge is 0.361 e. The SMILES string of the molecule is N#Cc1ccc(CN(Cc2cccc(F)c2)Cc2cnoc2C2CC2)cc1. The van der Waals surface area contributed by atoms with E-state index in [1.54, 1.807) is 18.3 Å². The maximum atomic E-state index is 13.6. The van der Waals surface area contributed by atoms with E-state index in [0.717, 1.165) is 35.3 Å². The van der Waals surface area contributed by atoms with Gasteiger partial charge in [-0.15, -0.1) is 0 Å². The van der Waals surface area contributed by atoms with Gasteiger partial charge >= 0.3 is 0 Å². The summed E-state index contributed by atoms with van der Waals surface area (Å²) in [5, 5.41) is 13.0. The van der Waals surface area contributed by atoms with Gasteiger partial charge in [-0.3, -0.25) is 4.90 Å². The average molecular weight is 361 g/mol. The second-order valence-corrected chi connectivity index (χ2v) is 7.07. The van der Waals surface area contributed by atoms with Crippen molar-refractivity contribution in [1.82, 2.24) is 10.1 Å². The molecule has 0 N–H and O–H groups in total. The molecule has 1 fully saturated rings. The summed E-state index contributed by atoms with van der Waals surface area (Å²) >= 11 is 0. The number of benzene rings is 2. The Morgan fingerprint density at radius 2 is 1.85 bits per heavy atom. The Morgan fingerprint density at radius 3 is 2.56 bits per heavy atom. The molecule has 0 bridgehead atoms. The fourth-order valence-electron chi connectivity index (χ4n) is 3.32. The van der Waals surface area contributed by atoms with Gasteiger partial charge in [0.15, 0.2) is 0 Å². The zero-order valence-corrected chi connectivity index (χ0v) is 14.9. The Balaban J connectivity index is 1.55. The molecule has 0 atom stereocenters. The van der Waals surface area contributed by atoms with E-state index in [4.69, 9.17) is 9.78 Å². The van der Waals surface area contributed by atoms with E-state index in [1.165, 1.54) is 6.07 Å². The zero-order chi connectivity index (χ0) is 18.6. The molecule has 1 saturated carbocycles. The monoisotopic (exact) mass is 361 g/mol. The first-order valence-electron chi connectivity index (χ1n) is 9.10. The topological polar surface area (TPSA) is 53.1 Å². The van der Waals surface area contributed by atoms with Crippen molar-refractivity contribution in [2.24, 2.45) is 0 Å². The van der Waals surface area contributed by atoms with Crippen LogP contribution in [-0.4, -0.2) is 10.1 Å². The van der Waals surface area contributed by atoms with Gasteiger partial charge in [-0.05, 0) is 48.2 Å². The van der Waals surface area contributed by atoms with Crippen LogP contribution in [-0.2, 0) is 19.6 Å². The molecule has 136 valence electrons. The van der Waals surface area contributed by atoms with Gasteiger partial charge in [-0.2, -0.15) is 5.26 Å². The van der Waals surface area contributed by atoms with Crippen molar-refractivity contribution in [3.05, 3.63) is 88.6 Å². The van der Waals surface area contributed by atoms with E-state index in [-0.39, 0.29) is 5.82 Å². The molecule has 4 nitrogen and oxygen atoms in total. The molecule has 1 heterocycles. The molecule has 1 aromatic heterocycles. The molecule has 0 unspecified atom stereocenters. The second-order valence-electron chi connectivity index (χ2n) is 7.07. The van der Waals surface area contributed by atoms with Crippen molar-refractivity contribution in [2.45, 2.75) is 38.4 Å². The van der Waals surface area contributed by atoms with Gasteiger partial charge in [0.25, 0.3) is 0 Å². The van der Waals surface area contributed by atoms with Crippen LogP contribution in [0, 0.1) is 17.1 Å². The van der Waals surface area contributed by atoms with E-state index < -0.39 is 0 Å². The third kappa shape index (κ3) is 4.42. The smallest absolute Gasteiger partial charge is 0.144 e. The summed E-state index contributed by atoms with van der Waals surface area (Å²) in [5.74, 6) is 1.25. The molecule has 0 saturated heterocycles. The quantitative estimate of drug-likeness (QED) is 0.608. The lowest BCUT2D eigenvalue weighted by atomic mass is 10.1. The van der Waals surface area contributed by atoms with E-state index in [9.17, 15) is 4.39 Å². The normalized spacial score (nSPS) is 13.7. The second kappa shape index (κ2) is 7.73. The third-order valence-electron chi connectivity index (χ3n) is 4.80. The first-order valence-corrected chi connectivity index (χ1v) is 9.10. The molecule has 0 amide bonds. The van der Waals surface area contributed by atoms with Crippen LogP contribution in [0.5, 0.6) is 0 Å². The Labute approximate surface area is 157 Å². The molecule has 1 aliphatic rings. The van der Waals surface area contributed by atoms with Crippen molar-refractivity contribution in [3.63, 3.8) is 0 Å². The molecule has 1 aliphatic carbocycles. The van der Waals surface area contributed by atoms with E-state index >= 15 is 0 Å². The molecular weight excluding hydrogens is 341 g/mol. The van der Waals surface area contributed by atoms with Crippen molar-refractivity contribution < 1.29 is 8.91 Å². The van der Waals surface area contributed by atoms with Gasteiger partial charge in [0, 0.05) is 31.1 Å². The van der Waals surface area contributed by atoms with Crippen LogP contribution in [0.4, 0.5) is 4.39 Å². The molecule has 2 aromatic carbocycles. The van der Waals surface area contributed by atoms with Crippen molar-refractivity contribution in [3.8, 4) is 6.07 Å². The number of nitriles is 1. The van der Waals surface area contributed by atoms with Gasteiger partial charge in [-0.25, -0.2) is 4.39 Å². The molecule has 0 aliphatic heterocycles. The zero-order valence-electron chi connectivity index (χ0n) is 14.9. The van der Waals surface area contributed by atoms with Crippen LogP contribution in [0.25, 0.3) is 0 Å². The van der Waals surface area contributed by atoms with Gasteiger partial charge in [-0.1, -0.05) is 29.4 Å². The van der Waals surface area contributed by atoms with Gasteiger partial charge in [0.1, 0.15) is 11.6 Å². The highest BCUT2D eigenvalue weighted by molar-refractivity contribution is 5.32. The van der Waals surface area contributed by atoms with Gasteiger partial charge in [0.05, 0.1) is 17.8 Å². The highest BCUT2D eigenvalue weighted by Gasteiger charge is 2.30. The van der Waals surface area contributed by atoms with Crippen LogP contribution >= 0.6 is 0 Å². The van der Waals surface area contributed by atoms with Crippen molar-refractivity contribution in [2.75, 3.05) is 0 Å². The first-order chi connectivity index (χ1) is 13.2. The van der Waals surface area contributed by atoms with Gasteiger partial charge < -0.3 is 4.52 Å². The number of nitrogens with zero attached hydrogens (tertiary/aromatic N) is 3. The fraction of sp³-hybridized carbons (Fsp3) is 0.273. The molecule has 27 heavy (non-hydrogen) atoms. The summed E-state index contributed by atoms with van der Waals surface area (Å²) in [7, 11) is 0. The van der Waals surface area contributed by atoms with Crippen LogP contribution in [0.1, 0.15) is 46.8 Å². The average Bonchev–Trinajstić information content (AvgIpc) is 3.41. The fourth-order valence-corrected chi connectivity index (χ4v) is 3.32. The highest BCUT2D eigenvalue weighted by Crippen LogP contribution is 2.42. The Kier molecular flexibility index (Phi) is 4.99. The van der Waals surface area contributed by atoms with Crippen LogP contribution < -0.4 is 0 Å². The number of hydrogen-bond donors (Lipinski definition) is 0. The Bertz CT molecular complexity index is 954. The Hall–Kier alpha value is -2.97. The molecule has 0 radical (unpaired) electrons. The minimum Gasteiger partial charge on any atom is -0.361 e. The number of rotatable bonds is 7.